The third-order valence-corrected chi connectivity index (χ3v) is 7.17. The number of anilines is 1. The molecule has 0 bridgehead atoms. The number of halogens is 1. The lowest BCUT2D eigenvalue weighted by atomic mass is 9.87. The quantitative estimate of drug-likeness (QED) is 0.518. The highest BCUT2D eigenvalue weighted by Gasteiger charge is 2.26. The standard InChI is InChI=1S/C22H22BrNO4S/c1-22(2,3)13-7-9-15(10-8-13)29(26,27)24-14-11-16-20-18(25)5-4-6-19(20)28-21(16)17(23)12-14/h7-12,24H,4-6H2,1-3H3. The number of ketones is 1. The van der Waals surface area contributed by atoms with Crippen LogP contribution < -0.4 is 4.72 Å². The fourth-order valence-electron chi connectivity index (χ4n) is 3.63. The second-order valence-corrected chi connectivity index (χ2v) is 10.9. The van der Waals surface area contributed by atoms with Gasteiger partial charge in [0.15, 0.2) is 5.78 Å². The number of carbonyl (C=O) groups excluding carboxylic acids is 1. The van der Waals surface area contributed by atoms with Gasteiger partial charge in [0.1, 0.15) is 11.3 Å². The van der Waals surface area contributed by atoms with Crippen LogP contribution in [-0.4, -0.2) is 14.2 Å². The van der Waals surface area contributed by atoms with Gasteiger partial charge < -0.3 is 4.42 Å². The van der Waals surface area contributed by atoms with Crippen LogP contribution in [0.3, 0.4) is 0 Å². The van der Waals surface area contributed by atoms with Crippen molar-refractivity contribution in [2.75, 3.05) is 4.72 Å². The summed E-state index contributed by atoms with van der Waals surface area (Å²) in [5.41, 5.74) is 2.53. The van der Waals surface area contributed by atoms with Gasteiger partial charge in [-0.25, -0.2) is 8.42 Å². The third kappa shape index (κ3) is 3.73. The molecule has 0 spiro atoms. The van der Waals surface area contributed by atoms with Crippen LogP contribution in [0, 0.1) is 0 Å². The highest BCUT2D eigenvalue weighted by molar-refractivity contribution is 9.10. The minimum atomic E-state index is -3.77. The van der Waals surface area contributed by atoms with Crippen molar-refractivity contribution >= 4 is 48.4 Å². The van der Waals surface area contributed by atoms with Crippen molar-refractivity contribution in [1.82, 2.24) is 0 Å². The first kappa shape index (κ1) is 20.2. The van der Waals surface area contributed by atoms with E-state index in [1.807, 2.05) is 12.1 Å². The lowest BCUT2D eigenvalue weighted by Gasteiger charge is -2.19. The number of rotatable bonds is 3. The van der Waals surface area contributed by atoms with E-state index < -0.39 is 10.0 Å². The molecular formula is C22H22BrNO4S. The molecule has 29 heavy (non-hydrogen) atoms. The van der Waals surface area contributed by atoms with Crippen LogP contribution in [0.1, 0.15) is 55.3 Å². The number of sulfonamides is 1. The molecule has 5 nitrogen and oxygen atoms in total. The lowest BCUT2D eigenvalue weighted by Crippen LogP contribution is -2.15. The van der Waals surface area contributed by atoms with Crippen molar-refractivity contribution in [2.24, 2.45) is 0 Å². The molecule has 3 aromatic rings. The number of furan rings is 1. The molecule has 152 valence electrons. The molecule has 1 aliphatic rings. The normalized spacial score (nSPS) is 14.8. The van der Waals surface area contributed by atoms with Gasteiger partial charge in [0.25, 0.3) is 10.0 Å². The molecular weight excluding hydrogens is 454 g/mol. The summed E-state index contributed by atoms with van der Waals surface area (Å²) >= 11 is 3.45. The second-order valence-electron chi connectivity index (χ2n) is 8.39. The first-order chi connectivity index (χ1) is 13.6. The van der Waals surface area contributed by atoms with E-state index >= 15 is 0 Å². The number of carbonyl (C=O) groups is 1. The van der Waals surface area contributed by atoms with Crippen LogP contribution in [0.5, 0.6) is 0 Å². The number of fused-ring (bicyclic) bond motifs is 3. The van der Waals surface area contributed by atoms with E-state index in [9.17, 15) is 13.2 Å². The van der Waals surface area contributed by atoms with Crippen LogP contribution >= 0.6 is 15.9 Å². The Kier molecular flexibility index (Phi) is 4.86. The molecule has 2 aromatic carbocycles. The number of Topliss-reactive ketones (excluding diaryl/α,β-unsaturated/α-hetero) is 1. The van der Waals surface area contributed by atoms with Gasteiger partial charge in [0.05, 0.1) is 20.6 Å². The van der Waals surface area contributed by atoms with E-state index in [-0.39, 0.29) is 16.1 Å². The van der Waals surface area contributed by atoms with Gasteiger partial charge in [0.2, 0.25) is 0 Å². The van der Waals surface area contributed by atoms with E-state index in [1.165, 1.54) is 0 Å². The van der Waals surface area contributed by atoms with Gasteiger partial charge >= 0.3 is 0 Å². The first-order valence-corrected chi connectivity index (χ1v) is 11.8. The Bertz CT molecular complexity index is 1220. The minimum absolute atomic E-state index is 0.0367. The van der Waals surface area contributed by atoms with Crippen molar-refractivity contribution < 1.29 is 17.6 Å². The zero-order chi connectivity index (χ0) is 21.0. The van der Waals surface area contributed by atoms with Crippen LogP contribution in [0.2, 0.25) is 0 Å². The summed E-state index contributed by atoms with van der Waals surface area (Å²) in [6.45, 7) is 6.23. The van der Waals surface area contributed by atoms with Crippen LogP contribution in [-0.2, 0) is 21.9 Å². The van der Waals surface area contributed by atoms with E-state index in [4.69, 9.17) is 4.42 Å². The van der Waals surface area contributed by atoms with Gasteiger partial charge in [-0.15, -0.1) is 0 Å². The summed E-state index contributed by atoms with van der Waals surface area (Å²) in [4.78, 5) is 12.6. The predicted molar refractivity (Wildman–Crippen MR) is 117 cm³/mol. The molecule has 1 aliphatic carbocycles. The maximum Gasteiger partial charge on any atom is 0.261 e. The van der Waals surface area contributed by atoms with Crippen LogP contribution in [0.15, 0.2) is 50.2 Å². The summed E-state index contributed by atoms with van der Waals surface area (Å²) in [5, 5.41) is 0.639. The zero-order valence-corrected chi connectivity index (χ0v) is 18.9. The Labute approximate surface area is 178 Å². The molecule has 0 amide bonds. The highest BCUT2D eigenvalue weighted by Crippen LogP contribution is 2.38. The number of nitrogens with one attached hydrogen (secondary N) is 1. The average Bonchev–Trinajstić information content (AvgIpc) is 3.01. The smallest absolute Gasteiger partial charge is 0.261 e. The first-order valence-electron chi connectivity index (χ1n) is 9.48. The number of hydrogen-bond acceptors (Lipinski definition) is 4. The topological polar surface area (TPSA) is 76.4 Å². The fraction of sp³-hybridized carbons (Fsp3) is 0.318. The Morgan fingerprint density at radius 2 is 1.76 bits per heavy atom. The molecule has 0 saturated carbocycles. The lowest BCUT2D eigenvalue weighted by molar-refractivity contribution is 0.0971. The Hall–Kier alpha value is -2.12. The number of benzene rings is 2. The molecule has 0 aliphatic heterocycles. The third-order valence-electron chi connectivity index (χ3n) is 5.19. The molecule has 1 N–H and O–H groups in total. The van der Waals surface area contributed by atoms with Gasteiger partial charge in [-0.05, 0) is 57.6 Å². The highest BCUT2D eigenvalue weighted by atomic mass is 79.9. The Morgan fingerprint density at radius 3 is 2.41 bits per heavy atom. The van der Waals surface area contributed by atoms with Gasteiger partial charge in [-0.3, -0.25) is 9.52 Å². The number of aryl methyl sites for hydroxylation is 1. The Morgan fingerprint density at radius 1 is 1.07 bits per heavy atom. The fourth-order valence-corrected chi connectivity index (χ4v) is 5.21. The van der Waals surface area contributed by atoms with Gasteiger partial charge in [-0.1, -0.05) is 32.9 Å². The maximum absolute atomic E-state index is 12.9. The summed E-state index contributed by atoms with van der Waals surface area (Å²) in [6.07, 6.45) is 1.96. The average molecular weight is 476 g/mol. The van der Waals surface area contributed by atoms with E-state index in [0.29, 0.717) is 45.3 Å². The summed E-state index contributed by atoms with van der Waals surface area (Å²) in [6, 6.07) is 10.2. The second kappa shape index (κ2) is 6.99. The van der Waals surface area contributed by atoms with Crippen LogP contribution in [0.25, 0.3) is 11.0 Å². The monoisotopic (exact) mass is 475 g/mol. The van der Waals surface area contributed by atoms with Crippen LogP contribution in [0.4, 0.5) is 5.69 Å². The summed E-state index contributed by atoms with van der Waals surface area (Å²) < 4.78 is 34.9. The number of hydrogen-bond donors (Lipinski definition) is 1. The van der Waals surface area contributed by atoms with Crippen molar-refractivity contribution in [2.45, 2.75) is 50.3 Å². The molecule has 7 heteroatoms. The molecule has 1 heterocycles. The van der Waals surface area contributed by atoms with E-state index in [1.54, 1.807) is 24.3 Å². The minimum Gasteiger partial charge on any atom is -0.459 e. The Balaban J connectivity index is 1.72. The molecule has 0 saturated heterocycles. The SMILES string of the molecule is CC(C)(C)c1ccc(S(=O)(=O)Nc2cc(Br)c3oc4c(c3c2)C(=O)CCC4)cc1. The van der Waals surface area contributed by atoms with E-state index in [2.05, 4.69) is 41.4 Å². The molecule has 1 aromatic heterocycles. The summed E-state index contributed by atoms with van der Waals surface area (Å²) in [5.74, 6) is 0.712. The van der Waals surface area contributed by atoms with Gasteiger partial charge in [-0.2, -0.15) is 0 Å². The zero-order valence-electron chi connectivity index (χ0n) is 16.5. The maximum atomic E-state index is 12.9. The molecule has 0 radical (unpaired) electrons. The van der Waals surface area contributed by atoms with E-state index in [0.717, 1.165) is 12.0 Å². The molecule has 0 atom stereocenters. The van der Waals surface area contributed by atoms with Crippen molar-refractivity contribution in [1.29, 1.82) is 0 Å². The molecule has 0 fully saturated rings. The summed E-state index contributed by atoms with van der Waals surface area (Å²) in [7, 11) is -3.77. The van der Waals surface area contributed by atoms with Crippen molar-refractivity contribution in [3.05, 3.63) is 57.8 Å². The van der Waals surface area contributed by atoms with Crippen molar-refractivity contribution in [3.63, 3.8) is 0 Å². The van der Waals surface area contributed by atoms with Gasteiger partial charge in [0, 0.05) is 18.2 Å². The largest absolute Gasteiger partial charge is 0.459 e. The predicted octanol–water partition coefficient (Wildman–Crippen LogP) is 5.81. The molecule has 4 rings (SSSR count). The molecule has 0 unspecified atom stereocenters. The van der Waals surface area contributed by atoms with Crippen molar-refractivity contribution in [3.8, 4) is 0 Å².